The molecule has 1 aromatic heterocycles. The Balaban J connectivity index is 0.00000264. The van der Waals surface area contributed by atoms with Crippen molar-refractivity contribution in [3.8, 4) is 0 Å². The molecule has 1 fully saturated rings. The van der Waals surface area contributed by atoms with Gasteiger partial charge in [-0.15, -0.1) is 11.3 Å². The van der Waals surface area contributed by atoms with E-state index in [-0.39, 0.29) is 72.2 Å². The SMILES string of the molecule is CO/N=C(/C(=O)N[C@H]1CN(S(=O)(=O)[O-])C1=O)c1csc(N)n1.[K+]. The molecule has 1 saturated heterocycles. The average Bonchev–Trinajstić information content (AvgIpc) is 2.84. The van der Waals surface area contributed by atoms with Gasteiger partial charge < -0.3 is 20.4 Å². The maximum Gasteiger partial charge on any atom is 1.00 e. The fraction of sp³-hybridized carbons (Fsp3) is 0.333. The first-order chi connectivity index (χ1) is 10.2. The first-order valence-electron chi connectivity index (χ1n) is 5.65. The quantitative estimate of drug-likeness (QED) is 0.166. The Kier molecular flexibility index (Phi) is 7.08. The van der Waals surface area contributed by atoms with Gasteiger partial charge in [0, 0.05) is 5.38 Å². The predicted molar refractivity (Wildman–Crippen MR) is 73.4 cm³/mol. The van der Waals surface area contributed by atoms with E-state index in [1.165, 1.54) is 12.5 Å². The van der Waals surface area contributed by atoms with Crippen molar-refractivity contribution in [1.29, 1.82) is 0 Å². The Labute approximate surface area is 177 Å². The number of thiazole rings is 1. The number of β-lactam (4-membered cyclic amide) rings is 1. The summed E-state index contributed by atoms with van der Waals surface area (Å²) in [7, 11) is -3.65. The zero-order valence-electron chi connectivity index (χ0n) is 12.0. The number of aromatic nitrogens is 1. The summed E-state index contributed by atoms with van der Waals surface area (Å²) in [6.07, 6.45) is 0. The minimum absolute atomic E-state index is 0. The molecule has 23 heavy (non-hydrogen) atoms. The van der Waals surface area contributed by atoms with Gasteiger partial charge in [0.2, 0.25) is 0 Å². The zero-order valence-corrected chi connectivity index (χ0v) is 16.8. The van der Waals surface area contributed by atoms with Gasteiger partial charge in [0.25, 0.3) is 11.8 Å². The summed E-state index contributed by atoms with van der Waals surface area (Å²) in [5.74, 6) is -1.83. The third kappa shape index (κ3) is 4.69. The average molecular weight is 387 g/mol. The second-order valence-corrected chi connectivity index (χ2v) is 6.23. The van der Waals surface area contributed by atoms with E-state index in [1.54, 1.807) is 0 Å². The molecule has 0 spiro atoms. The smallest absolute Gasteiger partial charge is 0.731 e. The van der Waals surface area contributed by atoms with Crippen molar-refractivity contribution in [1.82, 2.24) is 14.6 Å². The molecule has 3 N–H and O–H groups in total. The number of nitrogens with one attached hydrogen (secondary N) is 1. The molecule has 0 aromatic carbocycles. The van der Waals surface area contributed by atoms with Crippen LogP contribution in [0.4, 0.5) is 5.13 Å². The van der Waals surface area contributed by atoms with Gasteiger partial charge in [0.05, 0.1) is 6.54 Å². The molecular weight excluding hydrogens is 377 g/mol. The monoisotopic (exact) mass is 387 g/mol. The number of hydrogen-bond acceptors (Lipinski definition) is 10. The van der Waals surface area contributed by atoms with E-state index in [4.69, 9.17) is 5.73 Å². The number of hydrogen-bond donors (Lipinski definition) is 2. The fourth-order valence-corrected chi connectivity index (χ4v) is 2.85. The van der Waals surface area contributed by atoms with E-state index in [0.29, 0.717) is 0 Å². The van der Waals surface area contributed by atoms with Gasteiger partial charge in [-0.3, -0.25) is 9.59 Å². The molecule has 2 rings (SSSR count). The maximum atomic E-state index is 12.1. The topological polar surface area (TPSA) is 167 Å². The fourth-order valence-electron chi connectivity index (χ4n) is 1.62. The summed E-state index contributed by atoms with van der Waals surface area (Å²) >= 11 is 1.07. The van der Waals surface area contributed by atoms with Crippen molar-refractivity contribution in [2.45, 2.75) is 6.04 Å². The second-order valence-electron chi connectivity index (χ2n) is 4.05. The van der Waals surface area contributed by atoms with E-state index >= 15 is 0 Å². The van der Waals surface area contributed by atoms with Crippen LogP contribution in [0.2, 0.25) is 0 Å². The normalized spacial score (nSPS) is 18.0. The Bertz CT molecular complexity index is 747. The molecule has 0 aliphatic carbocycles. The van der Waals surface area contributed by atoms with Crippen LogP contribution in [0.1, 0.15) is 5.69 Å². The largest absolute Gasteiger partial charge is 1.00 e. The van der Waals surface area contributed by atoms with Crippen molar-refractivity contribution in [3.05, 3.63) is 11.1 Å². The van der Waals surface area contributed by atoms with Crippen LogP contribution in [0.15, 0.2) is 10.5 Å². The van der Waals surface area contributed by atoms with Gasteiger partial charge in [-0.1, -0.05) is 5.16 Å². The molecule has 0 radical (unpaired) electrons. The summed E-state index contributed by atoms with van der Waals surface area (Å²) in [6, 6.07) is -1.13. The van der Waals surface area contributed by atoms with Gasteiger partial charge in [-0.05, 0) is 0 Å². The molecular formula is C9H10KN5O6S2. The predicted octanol–water partition coefficient (Wildman–Crippen LogP) is -5.13. The van der Waals surface area contributed by atoms with E-state index in [2.05, 4.69) is 20.3 Å². The number of rotatable bonds is 5. The first-order valence-corrected chi connectivity index (χ1v) is 7.89. The first kappa shape index (κ1) is 20.4. The molecule has 2 heterocycles. The van der Waals surface area contributed by atoms with Crippen molar-refractivity contribution in [2.75, 3.05) is 19.4 Å². The van der Waals surface area contributed by atoms with E-state index in [9.17, 15) is 22.6 Å². The standard InChI is InChI=1S/C9H11N5O6S2.K/c1-20-13-6(5-3-21-9(10)12-5)7(15)11-4-2-14(8(4)16)22(17,18)19;/h3-4H,2H2,1H3,(H2,10,12)(H,11,15)(H,17,18,19);/q;+1/p-1/b13-6+;/t4-;/m0./s1. The molecule has 1 aliphatic rings. The van der Waals surface area contributed by atoms with Gasteiger partial charge in [0.15, 0.2) is 21.1 Å². The molecule has 1 aliphatic heterocycles. The number of amides is 2. The second kappa shape index (κ2) is 7.97. The molecule has 120 valence electrons. The van der Waals surface area contributed by atoms with Crippen LogP contribution in [0, 0.1) is 0 Å². The zero-order chi connectivity index (χ0) is 16.5. The minimum Gasteiger partial charge on any atom is -0.731 e. The number of nitrogens with zero attached hydrogens (tertiary/aromatic N) is 3. The third-order valence-corrected chi connectivity index (χ3v) is 4.17. The molecule has 0 saturated carbocycles. The van der Waals surface area contributed by atoms with E-state index in [0.717, 1.165) is 11.3 Å². The van der Waals surface area contributed by atoms with Crippen molar-refractivity contribution in [3.63, 3.8) is 0 Å². The Morgan fingerprint density at radius 2 is 2.30 bits per heavy atom. The third-order valence-electron chi connectivity index (χ3n) is 2.63. The summed E-state index contributed by atoms with van der Waals surface area (Å²) in [5.41, 5.74) is 5.37. The molecule has 2 amide bonds. The van der Waals surface area contributed by atoms with Gasteiger partial charge in [-0.2, -0.15) is 0 Å². The number of nitrogen functional groups attached to an aromatic ring is 1. The van der Waals surface area contributed by atoms with Crippen molar-refractivity contribution >= 4 is 44.3 Å². The molecule has 1 aromatic rings. The van der Waals surface area contributed by atoms with Crippen molar-refractivity contribution in [2.24, 2.45) is 5.16 Å². The summed E-state index contributed by atoms with van der Waals surface area (Å²) in [4.78, 5) is 31.9. The van der Waals surface area contributed by atoms with Crippen LogP contribution in [-0.2, 0) is 24.7 Å². The molecule has 11 nitrogen and oxygen atoms in total. The number of carbonyl (C=O) groups is 2. The van der Waals surface area contributed by atoms with Gasteiger partial charge >= 0.3 is 51.4 Å². The minimum atomic E-state index is -4.86. The number of carbonyl (C=O) groups excluding carboxylic acids is 2. The number of nitrogens with two attached hydrogens (primary N) is 1. The Morgan fingerprint density at radius 3 is 2.74 bits per heavy atom. The van der Waals surface area contributed by atoms with Gasteiger partial charge in [0.1, 0.15) is 18.8 Å². The summed E-state index contributed by atoms with van der Waals surface area (Å²) in [6.45, 7) is -0.435. The van der Waals surface area contributed by atoms with Crippen LogP contribution in [0.5, 0.6) is 0 Å². The summed E-state index contributed by atoms with van der Waals surface area (Å²) < 4.78 is 32.2. The van der Waals surface area contributed by atoms with E-state index < -0.39 is 34.7 Å². The van der Waals surface area contributed by atoms with E-state index in [1.807, 2.05) is 0 Å². The maximum absolute atomic E-state index is 12.1. The molecule has 1 atom stereocenters. The Hall–Kier alpha value is -0.614. The number of oxime groups is 1. The number of anilines is 1. The van der Waals surface area contributed by atoms with Gasteiger partial charge in [-0.25, -0.2) is 17.7 Å². The van der Waals surface area contributed by atoms with Crippen LogP contribution in [0.3, 0.4) is 0 Å². The van der Waals surface area contributed by atoms with Crippen LogP contribution in [0.25, 0.3) is 0 Å². The summed E-state index contributed by atoms with van der Waals surface area (Å²) in [5, 5.41) is 7.41. The van der Waals surface area contributed by atoms with Crippen LogP contribution in [-0.4, -0.2) is 59.5 Å². The Morgan fingerprint density at radius 1 is 1.65 bits per heavy atom. The van der Waals surface area contributed by atoms with Crippen LogP contribution >= 0.6 is 11.3 Å². The molecule has 0 unspecified atom stereocenters. The molecule has 14 heteroatoms. The van der Waals surface area contributed by atoms with Crippen molar-refractivity contribution < 1.29 is 78.8 Å². The molecule has 0 bridgehead atoms. The van der Waals surface area contributed by atoms with Crippen LogP contribution < -0.4 is 62.4 Å².